The molecule has 25 heavy (non-hydrogen) atoms. The maximum absolute atomic E-state index is 12.9. The fraction of sp³-hybridized carbons (Fsp3) is 0.579. The van der Waals surface area contributed by atoms with Crippen LogP contribution in [0.1, 0.15) is 32.6 Å². The van der Waals surface area contributed by atoms with Crippen LogP contribution in [-0.2, 0) is 9.59 Å². The first kappa shape index (κ1) is 17.6. The Bertz CT molecular complexity index is 661. The molecule has 6 nitrogen and oxygen atoms in total. The Morgan fingerprint density at radius 3 is 2.68 bits per heavy atom. The van der Waals surface area contributed by atoms with Crippen LogP contribution in [0.2, 0.25) is 0 Å². The van der Waals surface area contributed by atoms with E-state index in [1.165, 1.54) is 0 Å². The molecule has 6 heteroatoms. The van der Waals surface area contributed by atoms with Gasteiger partial charge >= 0.3 is 0 Å². The Balaban J connectivity index is 1.75. The Morgan fingerprint density at radius 2 is 2.00 bits per heavy atom. The minimum atomic E-state index is -0.257. The van der Waals surface area contributed by atoms with Gasteiger partial charge in [0.1, 0.15) is 0 Å². The molecule has 2 aliphatic heterocycles. The monoisotopic (exact) mass is 346 g/mol. The SMILES string of the molecule is CCC1CCCN1C(=O)C1CC(=O)N(c2ccc(OC)c(OC)c2)C1. The second-order valence-electron chi connectivity index (χ2n) is 6.68. The summed E-state index contributed by atoms with van der Waals surface area (Å²) in [5.41, 5.74) is 0.742. The number of carbonyl (C=O) groups excluding carboxylic acids is 2. The van der Waals surface area contributed by atoms with Gasteiger partial charge < -0.3 is 19.3 Å². The summed E-state index contributed by atoms with van der Waals surface area (Å²) in [4.78, 5) is 29.0. The van der Waals surface area contributed by atoms with Gasteiger partial charge in [0.2, 0.25) is 11.8 Å². The Morgan fingerprint density at radius 1 is 1.24 bits per heavy atom. The third-order valence-corrected chi connectivity index (χ3v) is 5.28. The van der Waals surface area contributed by atoms with Crippen LogP contribution < -0.4 is 14.4 Å². The van der Waals surface area contributed by atoms with Crippen molar-refractivity contribution in [3.05, 3.63) is 18.2 Å². The number of amides is 2. The maximum atomic E-state index is 12.9. The average molecular weight is 346 g/mol. The molecule has 0 aromatic heterocycles. The lowest BCUT2D eigenvalue weighted by atomic mass is 10.1. The van der Waals surface area contributed by atoms with Crippen LogP contribution in [-0.4, -0.2) is 50.1 Å². The highest BCUT2D eigenvalue weighted by atomic mass is 16.5. The number of rotatable bonds is 5. The fourth-order valence-electron chi connectivity index (χ4n) is 3.90. The van der Waals surface area contributed by atoms with E-state index in [9.17, 15) is 9.59 Å². The highest BCUT2D eigenvalue weighted by Gasteiger charge is 2.40. The predicted molar refractivity (Wildman–Crippen MR) is 95.0 cm³/mol. The largest absolute Gasteiger partial charge is 0.493 e. The van der Waals surface area contributed by atoms with Crippen LogP contribution in [0.5, 0.6) is 11.5 Å². The van der Waals surface area contributed by atoms with Crippen molar-refractivity contribution in [2.75, 3.05) is 32.2 Å². The van der Waals surface area contributed by atoms with Crippen molar-refractivity contribution >= 4 is 17.5 Å². The molecule has 0 N–H and O–H groups in total. The summed E-state index contributed by atoms with van der Waals surface area (Å²) in [7, 11) is 3.14. The maximum Gasteiger partial charge on any atom is 0.228 e. The van der Waals surface area contributed by atoms with Crippen molar-refractivity contribution in [3.63, 3.8) is 0 Å². The normalized spacial score (nSPS) is 23.2. The van der Waals surface area contributed by atoms with Gasteiger partial charge in [0, 0.05) is 37.3 Å². The summed E-state index contributed by atoms with van der Waals surface area (Å²) in [5, 5.41) is 0. The van der Waals surface area contributed by atoms with Crippen LogP contribution in [0.15, 0.2) is 18.2 Å². The van der Waals surface area contributed by atoms with Crippen molar-refractivity contribution in [1.29, 1.82) is 0 Å². The second-order valence-corrected chi connectivity index (χ2v) is 6.68. The van der Waals surface area contributed by atoms with E-state index in [2.05, 4.69) is 6.92 Å². The zero-order chi connectivity index (χ0) is 18.0. The molecule has 2 amide bonds. The molecule has 2 unspecified atom stereocenters. The lowest BCUT2D eigenvalue weighted by Crippen LogP contribution is -2.40. The predicted octanol–water partition coefficient (Wildman–Crippen LogP) is 2.46. The van der Waals surface area contributed by atoms with Crippen LogP contribution in [0, 0.1) is 5.92 Å². The number of ether oxygens (including phenoxy) is 2. The molecule has 0 saturated carbocycles. The summed E-state index contributed by atoms with van der Waals surface area (Å²) in [6.07, 6.45) is 3.39. The van der Waals surface area contributed by atoms with E-state index in [4.69, 9.17) is 9.47 Å². The van der Waals surface area contributed by atoms with E-state index in [1.54, 1.807) is 31.3 Å². The molecule has 1 aromatic rings. The lowest BCUT2D eigenvalue weighted by molar-refractivity contribution is -0.136. The number of anilines is 1. The Labute approximate surface area is 148 Å². The highest BCUT2D eigenvalue weighted by molar-refractivity contribution is 6.00. The van der Waals surface area contributed by atoms with E-state index in [0.717, 1.165) is 31.5 Å². The van der Waals surface area contributed by atoms with E-state index >= 15 is 0 Å². The number of methoxy groups -OCH3 is 2. The van der Waals surface area contributed by atoms with Crippen molar-refractivity contribution < 1.29 is 19.1 Å². The van der Waals surface area contributed by atoms with Gasteiger partial charge in [-0.25, -0.2) is 0 Å². The smallest absolute Gasteiger partial charge is 0.228 e. The quantitative estimate of drug-likeness (QED) is 0.822. The molecule has 2 heterocycles. The first-order valence-corrected chi connectivity index (χ1v) is 8.91. The molecule has 3 rings (SSSR count). The fourth-order valence-corrected chi connectivity index (χ4v) is 3.90. The number of nitrogens with zero attached hydrogens (tertiary/aromatic N) is 2. The van der Waals surface area contributed by atoms with Gasteiger partial charge in [-0.2, -0.15) is 0 Å². The van der Waals surface area contributed by atoms with E-state index < -0.39 is 0 Å². The van der Waals surface area contributed by atoms with Crippen molar-refractivity contribution in [3.8, 4) is 11.5 Å². The zero-order valence-corrected chi connectivity index (χ0v) is 15.2. The van der Waals surface area contributed by atoms with Gasteiger partial charge in [0.25, 0.3) is 0 Å². The molecule has 0 bridgehead atoms. The molecule has 2 atom stereocenters. The summed E-state index contributed by atoms with van der Waals surface area (Å²) < 4.78 is 10.6. The molecule has 136 valence electrons. The summed E-state index contributed by atoms with van der Waals surface area (Å²) in [6, 6.07) is 5.73. The summed E-state index contributed by atoms with van der Waals surface area (Å²) in [5.74, 6) is 1.05. The first-order chi connectivity index (χ1) is 12.1. The molecule has 0 aliphatic carbocycles. The minimum absolute atomic E-state index is 0.0159. The molecule has 0 spiro atoms. The molecule has 1 aromatic carbocycles. The standard InChI is InChI=1S/C19H26N2O4/c1-4-14-6-5-9-20(14)19(23)13-10-18(22)21(12-13)15-7-8-16(24-2)17(11-15)25-3/h7-8,11,13-14H,4-6,9-10,12H2,1-3H3. The van der Waals surface area contributed by atoms with E-state index in [0.29, 0.717) is 24.1 Å². The Hall–Kier alpha value is -2.24. The van der Waals surface area contributed by atoms with Gasteiger partial charge in [-0.3, -0.25) is 9.59 Å². The van der Waals surface area contributed by atoms with Crippen LogP contribution >= 0.6 is 0 Å². The molecular weight excluding hydrogens is 320 g/mol. The van der Waals surface area contributed by atoms with E-state index in [-0.39, 0.29) is 24.2 Å². The third kappa shape index (κ3) is 3.30. The molecule has 2 aliphatic rings. The Kier molecular flexibility index (Phi) is 5.16. The molecule has 2 saturated heterocycles. The van der Waals surface area contributed by atoms with Gasteiger partial charge in [0.15, 0.2) is 11.5 Å². The summed E-state index contributed by atoms with van der Waals surface area (Å²) >= 11 is 0. The molecular formula is C19H26N2O4. The van der Waals surface area contributed by atoms with E-state index in [1.807, 2.05) is 11.0 Å². The zero-order valence-electron chi connectivity index (χ0n) is 15.2. The number of likely N-dealkylation sites (tertiary alicyclic amines) is 1. The third-order valence-electron chi connectivity index (χ3n) is 5.28. The van der Waals surface area contributed by atoms with Crippen LogP contribution in [0.3, 0.4) is 0 Å². The second kappa shape index (κ2) is 7.33. The molecule has 2 fully saturated rings. The van der Waals surface area contributed by atoms with Gasteiger partial charge in [-0.1, -0.05) is 6.92 Å². The number of hydrogen-bond acceptors (Lipinski definition) is 4. The number of carbonyl (C=O) groups is 2. The lowest BCUT2D eigenvalue weighted by Gasteiger charge is -2.26. The number of hydrogen-bond donors (Lipinski definition) is 0. The molecule has 0 radical (unpaired) electrons. The van der Waals surface area contributed by atoms with Gasteiger partial charge in [-0.15, -0.1) is 0 Å². The summed E-state index contributed by atoms with van der Waals surface area (Å²) in [6.45, 7) is 3.37. The van der Waals surface area contributed by atoms with Gasteiger partial charge in [-0.05, 0) is 31.4 Å². The van der Waals surface area contributed by atoms with Crippen LogP contribution in [0.4, 0.5) is 5.69 Å². The van der Waals surface area contributed by atoms with Crippen LogP contribution in [0.25, 0.3) is 0 Å². The highest BCUT2D eigenvalue weighted by Crippen LogP contribution is 2.35. The van der Waals surface area contributed by atoms with Crippen molar-refractivity contribution in [1.82, 2.24) is 4.90 Å². The van der Waals surface area contributed by atoms with Gasteiger partial charge in [0.05, 0.1) is 20.1 Å². The van der Waals surface area contributed by atoms with Crippen molar-refractivity contribution in [2.24, 2.45) is 5.92 Å². The number of benzene rings is 1. The first-order valence-electron chi connectivity index (χ1n) is 8.91. The topological polar surface area (TPSA) is 59.1 Å². The average Bonchev–Trinajstić information content (AvgIpc) is 3.26. The minimum Gasteiger partial charge on any atom is -0.493 e. The van der Waals surface area contributed by atoms with Crippen molar-refractivity contribution in [2.45, 2.75) is 38.6 Å².